The smallest absolute Gasteiger partial charge is 0.344 e. The number of nitrogens with zero attached hydrogens (tertiary/aromatic N) is 2. The molecule has 0 aliphatic carbocycles. The quantitative estimate of drug-likeness (QED) is 0.470. The summed E-state index contributed by atoms with van der Waals surface area (Å²) in [6, 6.07) is 4.97. The summed E-state index contributed by atoms with van der Waals surface area (Å²) in [5.74, 6) is 0. The SMILES string of the molecule is Nc1ccc(N)c(-c2ncc([N+](=O)[O-])s2)c1. The van der Waals surface area contributed by atoms with Gasteiger partial charge < -0.3 is 11.5 Å². The molecule has 0 radical (unpaired) electrons. The van der Waals surface area contributed by atoms with Gasteiger partial charge in [-0.2, -0.15) is 0 Å². The van der Waals surface area contributed by atoms with Gasteiger partial charge in [-0.3, -0.25) is 10.1 Å². The molecule has 4 N–H and O–H groups in total. The third-order valence-electron chi connectivity index (χ3n) is 1.98. The highest BCUT2D eigenvalue weighted by molar-refractivity contribution is 7.18. The molecule has 0 saturated heterocycles. The number of thiazole rings is 1. The molecule has 1 heterocycles. The zero-order valence-corrected chi connectivity index (χ0v) is 8.90. The Hall–Kier alpha value is -2.15. The molecular formula is C9H8N4O2S. The predicted octanol–water partition coefficient (Wildman–Crippen LogP) is 1.88. The maximum absolute atomic E-state index is 10.5. The van der Waals surface area contributed by atoms with Crippen LogP contribution in [0, 0.1) is 10.1 Å². The summed E-state index contributed by atoms with van der Waals surface area (Å²) in [5, 5.41) is 11.0. The lowest BCUT2D eigenvalue weighted by Crippen LogP contribution is -1.92. The van der Waals surface area contributed by atoms with E-state index < -0.39 is 4.92 Å². The normalized spacial score (nSPS) is 10.2. The van der Waals surface area contributed by atoms with Crippen molar-refractivity contribution in [3.05, 3.63) is 34.5 Å². The molecule has 1 aromatic heterocycles. The van der Waals surface area contributed by atoms with Crippen molar-refractivity contribution in [1.82, 2.24) is 4.98 Å². The van der Waals surface area contributed by atoms with Crippen molar-refractivity contribution < 1.29 is 4.92 Å². The maximum atomic E-state index is 10.5. The van der Waals surface area contributed by atoms with E-state index in [0.717, 1.165) is 11.3 Å². The summed E-state index contributed by atoms with van der Waals surface area (Å²) in [6.07, 6.45) is 1.21. The zero-order valence-electron chi connectivity index (χ0n) is 8.08. The van der Waals surface area contributed by atoms with Crippen molar-refractivity contribution in [2.24, 2.45) is 0 Å². The van der Waals surface area contributed by atoms with E-state index in [1.54, 1.807) is 18.2 Å². The number of rotatable bonds is 2. The Bertz CT molecular complexity index is 552. The third-order valence-corrected chi connectivity index (χ3v) is 2.96. The molecule has 1 aromatic carbocycles. The summed E-state index contributed by atoms with van der Waals surface area (Å²) in [6.45, 7) is 0. The van der Waals surface area contributed by atoms with E-state index in [9.17, 15) is 10.1 Å². The third kappa shape index (κ3) is 1.80. The van der Waals surface area contributed by atoms with Crippen molar-refractivity contribution in [3.63, 3.8) is 0 Å². The lowest BCUT2D eigenvalue weighted by Gasteiger charge is -2.02. The molecule has 0 saturated carbocycles. The van der Waals surface area contributed by atoms with Gasteiger partial charge in [0.05, 0.1) is 4.92 Å². The van der Waals surface area contributed by atoms with Crippen LogP contribution in [0.25, 0.3) is 10.6 Å². The number of nitro groups is 1. The van der Waals surface area contributed by atoms with Gasteiger partial charge in [0.1, 0.15) is 11.2 Å². The number of nitrogens with two attached hydrogens (primary N) is 2. The lowest BCUT2D eigenvalue weighted by atomic mass is 10.2. The van der Waals surface area contributed by atoms with Gasteiger partial charge in [0.25, 0.3) is 0 Å². The molecule has 6 nitrogen and oxygen atoms in total. The Morgan fingerprint density at radius 1 is 1.38 bits per heavy atom. The van der Waals surface area contributed by atoms with E-state index in [2.05, 4.69) is 4.98 Å². The average Bonchev–Trinajstić information content (AvgIpc) is 2.70. The monoisotopic (exact) mass is 236 g/mol. The topological polar surface area (TPSA) is 108 Å². The number of nitrogen functional groups attached to an aromatic ring is 2. The minimum Gasteiger partial charge on any atom is -0.399 e. The second-order valence-corrected chi connectivity index (χ2v) is 4.12. The molecule has 0 spiro atoms. The van der Waals surface area contributed by atoms with Crippen LogP contribution in [0.5, 0.6) is 0 Å². The second-order valence-electron chi connectivity index (χ2n) is 3.11. The Morgan fingerprint density at radius 3 is 2.75 bits per heavy atom. The summed E-state index contributed by atoms with van der Waals surface area (Å²) in [4.78, 5) is 14.0. The van der Waals surface area contributed by atoms with Crippen LogP contribution in [-0.2, 0) is 0 Å². The van der Waals surface area contributed by atoms with Crippen molar-refractivity contribution >= 4 is 27.7 Å². The summed E-state index contributed by atoms with van der Waals surface area (Å²) in [5.41, 5.74) is 13.0. The van der Waals surface area contributed by atoms with Gasteiger partial charge >= 0.3 is 5.00 Å². The fourth-order valence-corrected chi connectivity index (χ4v) is 2.00. The van der Waals surface area contributed by atoms with Crippen molar-refractivity contribution in [3.8, 4) is 10.6 Å². The second kappa shape index (κ2) is 3.78. The van der Waals surface area contributed by atoms with E-state index in [1.807, 2.05) is 0 Å². The lowest BCUT2D eigenvalue weighted by molar-refractivity contribution is -0.380. The van der Waals surface area contributed by atoms with E-state index in [0.29, 0.717) is 21.9 Å². The fourth-order valence-electron chi connectivity index (χ4n) is 1.23. The first-order valence-electron chi connectivity index (χ1n) is 4.33. The highest BCUT2D eigenvalue weighted by Gasteiger charge is 2.14. The minimum atomic E-state index is -0.482. The molecule has 7 heteroatoms. The van der Waals surface area contributed by atoms with Gasteiger partial charge in [-0.05, 0) is 29.5 Å². The first-order valence-corrected chi connectivity index (χ1v) is 5.15. The molecule has 0 atom stereocenters. The van der Waals surface area contributed by atoms with Crippen LogP contribution >= 0.6 is 11.3 Å². The molecule has 82 valence electrons. The molecule has 0 aliphatic rings. The van der Waals surface area contributed by atoms with E-state index in [4.69, 9.17) is 11.5 Å². The van der Waals surface area contributed by atoms with Crippen LogP contribution in [0.15, 0.2) is 24.4 Å². The molecule has 2 rings (SSSR count). The standard InChI is InChI=1S/C9H8N4O2S/c10-5-1-2-7(11)6(3-5)9-12-4-8(16-9)13(14)15/h1-4H,10-11H2. The number of benzene rings is 1. The zero-order chi connectivity index (χ0) is 11.7. The van der Waals surface area contributed by atoms with Gasteiger partial charge in [0, 0.05) is 16.9 Å². The molecule has 0 amide bonds. The van der Waals surface area contributed by atoms with Gasteiger partial charge in [-0.25, -0.2) is 4.98 Å². The molecule has 0 bridgehead atoms. The Morgan fingerprint density at radius 2 is 2.12 bits per heavy atom. The number of hydrogen-bond acceptors (Lipinski definition) is 6. The molecular weight excluding hydrogens is 228 g/mol. The fraction of sp³-hybridized carbons (Fsp3) is 0. The Kier molecular flexibility index (Phi) is 2.45. The Balaban J connectivity index is 2.50. The van der Waals surface area contributed by atoms with E-state index in [-0.39, 0.29) is 5.00 Å². The average molecular weight is 236 g/mol. The van der Waals surface area contributed by atoms with Gasteiger partial charge in [0.15, 0.2) is 0 Å². The summed E-state index contributed by atoms with van der Waals surface area (Å²) in [7, 11) is 0. The highest BCUT2D eigenvalue weighted by Crippen LogP contribution is 2.34. The van der Waals surface area contributed by atoms with Crippen LogP contribution in [0.4, 0.5) is 16.4 Å². The molecule has 0 fully saturated rings. The van der Waals surface area contributed by atoms with Crippen LogP contribution in [0.2, 0.25) is 0 Å². The first-order chi connectivity index (χ1) is 7.58. The van der Waals surface area contributed by atoms with E-state index in [1.165, 1.54) is 6.20 Å². The first kappa shape index (κ1) is 10.4. The summed E-state index contributed by atoms with van der Waals surface area (Å²) >= 11 is 0.971. The van der Waals surface area contributed by atoms with Crippen molar-refractivity contribution in [2.75, 3.05) is 11.5 Å². The van der Waals surface area contributed by atoms with Gasteiger partial charge in [-0.15, -0.1) is 0 Å². The van der Waals surface area contributed by atoms with Crippen molar-refractivity contribution in [1.29, 1.82) is 0 Å². The molecule has 0 aliphatic heterocycles. The van der Waals surface area contributed by atoms with Crippen LogP contribution < -0.4 is 11.5 Å². The van der Waals surface area contributed by atoms with E-state index >= 15 is 0 Å². The number of aromatic nitrogens is 1. The molecule has 2 aromatic rings. The summed E-state index contributed by atoms with van der Waals surface area (Å²) < 4.78 is 0. The van der Waals surface area contributed by atoms with Crippen LogP contribution in [-0.4, -0.2) is 9.91 Å². The van der Waals surface area contributed by atoms with Crippen LogP contribution in [0.3, 0.4) is 0 Å². The highest BCUT2D eigenvalue weighted by atomic mass is 32.1. The Labute approximate surface area is 94.7 Å². The molecule has 0 unspecified atom stereocenters. The van der Waals surface area contributed by atoms with Crippen molar-refractivity contribution in [2.45, 2.75) is 0 Å². The largest absolute Gasteiger partial charge is 0.399 e. The minimum absolute atomic E-state index is 0.0168. The number of hydrogen-bond donors (Lipinski definition) is 2. The van der Waals surface area contributed by atoms with Gasteiger partial charge in [0.2, 0.25) is 0 Å². The van der Waals surface area contributed by atoms with Gasteiger partial charge in [-0.1, -0.05) is 0 Å². The predicted molar refractivity (Wildman–Crippen MR) is 63.0 cm³/mol. The molecule has 16 heavy (non-hydrogen) atoms. The number of anilines is 2. The maximum Gasteiger partial charge on any atom is 0.344 e. The van der Waals surface area contributed by atoms with Crippen LogP contribution in [0.1, 0.15) is 0 Å².